The molecular weight excluding hydrogens is 188 g/mol. The van der Waals surface area contributed by atoms with Gasteiger partial charge in [-0.1, -0.05) is 30.3 Å². The van der Waals surface area contributed by atoms with Crippen molar-refractivity contribution in [2.45, 2.75) is 13.0 Å². The van der Waals surface area contributed by atoms with E-state index >= 15 is 0 Å². The van der Waals surface area contributed by atoms with Gasteiger partial charge in [-0.05, 0) is 12.5 Å². The lowest BCUT2D eigenvalue weighted by molar-refractivity contribution is 0.111. The summed E-state index contributed by atoms with van der Waals surface area (Å²) in [5, 5.41) is 0. The molecule has 0 fully saturated rings. The maximum absolute atomic E-state index is 10.8. The van der Waals surface area contributed by atoms with Crippen LogP contribution in [0.2, 0.25) is 0 Å². The van der Waals surface area contributed by atoms with Gasteiger partial charge in [0.25, 0.3) is 0 Å². The van der Waals surface area contributed by atoms with Gasteiger partial charge < -0.3 is 4.57 Å². The zero-order valence-corrected chi connectivity index (χ0v) is 8.50. The molecule has 76 valence electrons. The quantitative estimate of drug-likeness (QED) is 0.712. The van der Waals surface area contributed by atoms with Gasteiger partial charge in [-0.15, -0.1) is 0 Å². The van der Waals surface area contributed by atoms with Crippen LogP contribution < -0.4 is 0 Å². The summed E-state index contributed by atoms with van der Waals surface area (Å²) in [6.07, 6.45) is 4.08. The third kappa shape index (κ3) is 1.81. The molecule has 3 heteroatoms. The van der Waals surface area contributed by atoms with Gasteiger partial charge in [0.1, 0.15) is 5.69 Å². The zero-order valence-electron chi connectivity index (χ0n) is 8.50. The molecule has 0 radical (unpaired) electrons. The number of rotatable bonds is 3. The van der Waals surface area contributed by atoms with Crippen molar-refractivity contribution in [3.63, 3.8) is 0 Å². The Morgan fingerprint density at radius 3 is 2.73 bits per heavy atom. The van der Waals surface area contributed by atoms with Crippen LogP contribution in [0.25, 0.3) is 0 Å². The van der Waals surface area contributed by atoms with E-state index in [4.69, 9.17) is 0 Å². The largest absolute Gasteiger partial charge is 0.321 e. The van der Waals surface area contributed by atoms with Crippen LogP contribution in [0.15, 0.2) is 42.9 Å². The number of aldehydes is 1. The molecule has 1 aromatic heterocycles. The fourth-order valence-electron chi connectivity index (χ4n) is 1.62. The summed E-state index contributed by atoms with van der Waals surface area (Å²) >= 11 is 0. The van der Waals surface area contributed by atoms with Crippen LogP contribution in [0.1, 0.15) is 29.0 Å². The standard InChI is InChI=1S/C12H12N2O/c1-10(11-5-3-2-4-6-11)14-9-13-7-12(14)8-15/h2-10H,1H3. The maximum atomic E-state index is 10.8. The molecule has 15 heavy (non-hydrogen) atoms. The Labute approximate surface area is 88.4 Å². The monoisotopic (exact) mass is 200 g/mol. The lowest BCUT2D eigenvalue weighted by Crippen LogP contribution is -2.08. The summed E-state index contributed by atoms with van der Waals surface area (Å²) in [5.41, 5.74) is 1.77. The minimum Gasteiger partial charge on any atom is -0.321 e. The van der Waals surface area contributed by atoms with Crippen LogP contribution >= 0.6 is 0 Å². The maximum Gasteiger partial charge on any atom is 0.168 e. The van der Waals surface area contributed by atoms with Gasteiger partial charge >= 0.3 is 0 Å². The van der Waals surface area contributed by atoms with E-state index in [1.165, 1.54) is 5.56 Å². The van der Waals surface area contributed by atoms with Crippen molar-refractivity contribution in [3.8, 4) is 0 Å². The second kappa shape index (κ2) is 4.09. The molecule has 0 bridgehead atoms. The number of nitrogens with zero attached hydrogens (tertiary/aromatic N) is 2. The van der Waals surface area contributed by atoms with E-state index in [1.54, 1.807) is 12.5 Å². The lowest BCUT2D eigenvalue weighted by Gasteiger charge is -2.14. The predicted molar refractivity (Wildman–Crippen MR) is 57.9 cm³/mol. The third-order valence-electron chi connectivity index (χ3n) is 2.52. The third-order valence-corrected chi connectivity index (χ3v) is 2.52. The van der Waals surface area contributed by atoms with Crippen molar-refractivity contribution in [1.82, 2.24) is 9.55 Å². The average molecular weight is 200 g/mol. The number of benzene rings is 1. The van der Waals surface area contributed by atoms with E-state index in [0.29, 0.717) is 5.69 Å². The molecule has 0 aliphatic rings. The zero-order chi connectivity index (χ0) is 10.7. The van der Waals surface area contributed by atoms with Gasteiger partial charge in [-0.25, -0.2) is 4.98 Å². The second-order valence-electron chi connectivity index (χ2n) is 3.43. The molecule has 3 nitrogen and oxygen atoms in total. The predicted octanol–water partition coefficient (Wildman–Crippen LogP) is 2.30. The molecule has 0 saturated heterocycles. The molecule has 1 heterocycles. The number of carbonyl (C=O) groups excluding carboxylic acids is 1. The Hall–Kier alpha value is -1.90. The van der Waals surface area contributed by atoms with Gasteiger partial charge in [0.2, 0.25) is 0 Å². The number of carbonyl (C=O) groups is 1. The summed E-state index contributed by atoms with van der Waals surface area (Å²) < 4.78 is 1.86. The summed E-state index contributed by atoms with van der Waals surface area (Å²) in [4.78, 5) is 14.7. The van der Waals surface area contributed by atoms with Crippen molar-refractivity contribution >= 4 is 6.29 Å². The van der Waals surface area contributed by atoms with Crippen LogP contribution in [0, 0.1) is 0 Å². The molecule has 1 atom stereocenters. The van der Waals surface area contributed by atoms with Gasteiger partial charge in [0.15, 0.2) is 6.29 Å². The van der Waals surface area contributed by atoms with Crippen molar-refractivity contribution < 1.29 is 4.79 Å². The first-order valence-corrected chi connectivity index (χ1v) is 4.85. The normalized spacial score (nSPS) is 12.3. The second-order valence-corrected chi connectivity index (χ2v) is 3.43. The van der Waals surface area contributed by atoms with E-state index in [9.17, 15) is 4.79 Å². The van der Waals surface area contributed by atoms with Gasteiger partial charge in [0.05, 0.1) is 18.6 Å². The van der Waals surface area contributed by atoms with Crippen LogP contribution in [0.5, 0.6) is 0 Å². The molecule has 1 unspecified atom stereocenters. The molecule has 0 spiro atoms. The van der Waals surface area contributed by atoms with Crippen LogP contribution in [-0.2, 0) is 0 Å². The Morgan fingerprint density at radius 1 is 1.33 bits per heavy atom. The first-order chi connectivity index (χ1) is 7.33. The summed E-state index contributed by atoms with van der Waals surface area (Å²) in [5.74, 6) is 0. The highest BCUT2D eigenvalue weighted by Gasteiger charge is 2.10. The smallest absolute Gasteiger partial charge is 0.168 e. The van der Waals surface area contributed by atoms with E-state index in [0.717, 1.165) is 6.29 Å². The Kier molecular flexibility index (Phi) is 2.63. The number of hydrogen-bond donors (Lipinski definition) is 0. The van der Waals surface area contributed by atoms with Crippen LogP contribution in [0.3, 0.4) is 0 Å². The van der Waals surface area contributed by atoms with E-state index in [-0.39, 0.29) is 6.04 Å². The highest BCUT2D eigenvalue weighted by Crippen LogP contribution is 2.18. The number of aromatic nitrogens is 2. The summed E-state index contributed by atoms with van der Waals surface area (Å²) in [6, 6.07) is 10.2. The van der Waals surface area contributed by atoms with Crippen LogP contribution in [-0.4, -0.2) is 15.8 Å². The molecule has 2 aromatic rings. The molecule has 2 rings (SSSR count). The molecule has 0 amide bonds. The molecular formula is C12H12N2O. The van der Waals surface area contributed by atoms with Crippen molar-refractivity contribution in [2.24, 2.45) is 0 Å². The molecule has 0 N–H and O–H groups in total. The minimum atomic E-state index is 0.133. The van der Waals surface area contributed by atoms with Gasteiger partial charge in [0, 0.05) is 0 Å². The topological polar surface area (TPSA) is 34.9 Å². The number of hydrogen-bond acceptors (Lipinski definition) is 2. The summed E-state index contributed by atoms with van der Waals surface area (Å²) in [7, 11) is 0. The van der Waals surface area contributed by atoms with E-state index in [2.05, 4.69) is 4.98 Å². The van der Waals surface area contributed by atoms with Gasteiger partial charge in [-0.3, -0.25) is 4.79 Å². The first-order valence-electron chi connectivity index (χ1n) is 4.85. The van der Waals surface area contributed by atoms with Crippen molar-refractivity contribution in [2.75, 3.05) is 0 Å². The van der Waals surface area contributed by atoms with Gasteiger partial charge in [-0.2, -0.15) is 0 Å². The number of imidazole rings is 1. The first kappa shape index (κ1) is 9.65. The van der Waals surface area contributed by atoms with E-state index < -0.39 is 0 Å². The molecule has 0 aliphatic heterocycles. The fraction of sp³-hybridized carbons (Fsp3) is 0.167. The average Bonchev–Trinajstić information content (AvgIpc) is 2.77. The van der Waals surface area contributed by atoms with Crippen molar-refractivity contribution in [3.05, 3.63) is 54.1 Å². The molecule has 1 aromatic carbocycles. The fourth-order valence-corrected chi connectivity index (χ4v) is 1.62. The highest BCUT2D eigenvalue weighted by molar-refractivity contribution is 5.71. The SMILES string of the molecule is CC(c1ccccc1)n1cncc1C=O. The lowest BCUT2D eigenvalue weighted by atomic mass is 10.1. The van der Waals surface area contributed by atoms with E-state index in [1.807, 2.05) is 41.8 Å². The molecule has 0 saturated carbocycles. The Bertz CT molecular complexity index is 448. The van der Waals surface area contributed by atoms with Crippen molar-refractivity contribution in [1.29, 1.82) is 0 Å². The summed E-state index contributed by atoms with van der Waals surface area (Å²) in [6.45, 7) is 2.05. The minimum absolute atomic E-state index is 0.133. The Balaban J connectivity index is 2.36. The molecule has 0 aliphatic carbocycles. The Morgan fingerprint density at radius 2 is 2.07 bits per heavy atom. The van der Waals surface area contributed by atoms with Crippen LogP contribution in [0.4, 0.5) is 0 Å². The highest BCUT2D eigenvalue weighted by atomic mass is 16.1.